The summed E-state index contributed by atoms with van der Waals surface area (Å²) in [6.45, 7) is 0.340. The molecule has 0 atom stereocenters. The maximum Gasteiger partial charge on any atom is 0.350 e. The smallest absolute Gasteiger partial charge is 0.350 e. The molecule has 0 aliphatic heterocycles. The first-order valence-electron chi connectivity index (χ1n) is 6.88. The van der Waals surface area contributed by atoms with Gasteiger partial charge in [-0.15, -0.1) is 11.3 Å². The topological polar surface area (TPSA) is 35.5 Å². The van der Waals surface area contributed by atoms with Crippen molar-refractivity contribution >= 4 is 50.6 Å². The fourth-order valence-electron chi connectivity index (χ4n) is 2.06. The maximum absolute atomic E-state index is 12.1. The van der Waals surface area contributed by atoms with E-state index in [1.165, 1.54) is 11.3 Å². The van der Waals surface area contributed by atoms with Crippen LogP contribution in [-0.2, 0) is 4.74 Å². The van der Waals surface area contributed by atoms with Gasteiger partial charge in [-0.2, -0.15) is 0 Å². The molecule has 6 heteroatoms. The number of benzene rings is 2. The summed E-state index contributed by atoms with van der Waals surface area (Å²) in [7, 11) is 0. The molecular weight excluding hydrogens is 355 g/mol. The summed E-state index contributed by atoms with van der Waals surface area (Å²) in [5.41, 5.74) is 0. The van der Waals surface area contributed by atoms with Crippen LogP contribution < -0.4 is 4.74 Å². The fraction of sp³-hybridized carbons (Fsp3) is 0.118. The molecule has 3 nitrogen and oxygen atoms in total. The van der Waals surface area contributed by atoms with Gasteiger partial charge in [-0.1, -0.05) is 53.5 Å². The molecule has 1 heterocycles. The number of carbonyl (C=O) groups is 1. The van der Waals surface area contributed by atoms with Crippen LogP contribution in [0, 0.1) is 0 Å². The molecule has 0 aliphatic carbocycles. The third-order valence-electron chi connectivity index (χ3n) is 3.13. The first-order valence-corrected chi connectivity index (χ1v) is 8.45. The Hall–Kier alpha value is -1.75. The van der Waals surface area contributed by atoms with Crippen molar-refractivity contribution in [3.63, 3.8) is 0 Å². The summed E-state index contributed by atoms with van der Waals surface area (Å²) in [6, 6.07) is 14.7. The molecule has 0 fully saturated rings. The van der Waals surface area contributed by atoms with E-state index in [1.807, 2.05) is 36.4 Å². The highest BCUT2D eigenvalue weighted by atomic mass is 35.5. The lowest BCUT2D eigenvalue weighted by Gasteiger charge is -2.08. The standard InChI is InChI=1S/C17H12Cl2O3S/c18-12-6-2-3-7-13(12)21-9-10-22-17(20)16-15(19)11-5-1-4-8-14(11)23-16/h1-8H,9-10H2. The molecule has 1 aromatic heterocycles. The second-order valence-electron chi connectivity index (χ2n) is 4.66. The highest BCUT2D eigenvalue weighted by molar-refractivity contribution is 7.21. The van der Waals surface area contributed by atoms with Crippen LogP contribution in [0.5, 0.6) is 5.75 Å². The predicted octanol–water partition coefficient (Wildman–Crippen LogP) is 5.44. The van der Waals surface area contributed by atoms with E-state index in [1.54, 1.807) is 12.1 Å². The normalized spacial score (nSPS) is 10.7. The molecule has 0 saturated heterocycles. The molecule has 3 aromatic rings. The minimum atomic E-state index is -0.445. The van der Waals surface area contributed by atoms with Crippen LogP contribution in [0.2, 0.25) is 10.0 Å². The molecule has 0 bridgehead atoms. The summed E-state index contributed by atoms with van der Waals surface area (Å²) in [5.74, 6) is 0.115. The minimum Gasteiger partial charge on any atom is -0.488 e. The molecule has 118 valence electrons. The van der Waals surface area contributed by atoms with E-state index >= 15 is 0 Å². The molecule has 0 saturated carbocycles. The molecule has 23 heavy (non-hydrogen) atoms. The lowest BCUT2D eigenvalue weighted by molar-refractivity contribution is 0.0456. The van der Waals surface area contributed by atoms with Crippen LogP contribution in [0.4, 0.5) is 0 Å². The number of fused-ring (bicyclic) bond motifs is 1. The van der Waals surface area contributed by atoms with Crippen molar-refractivity contribution in [2.75, 3.05) is 13.2 Å². The predicted molar refractivity (Wildman–Crippen MR) is 94.1 cm³/mol. The molecule has 0 spiro atoms. The van der Waals surface area contributed by atoms with Gasteiger partial charge in [-0.05, 0) is 18.2 Å². The zero-order valence-corrected chi connectivity index (χ0v) is 14.3. The zero-order valence-electron chi connectivity index (χ0n) is 11.9. The van der Waals surface area contributed by atoms with Crippen molar-refractivity contribution in [2.24, 2.45) is 0 Å². The summed E-state index contributed by atoms with van der Waals surface area (Å²) >= 11 is 13.5. The SMILES string of the molecule is O=C(OCCOc1ccccc1Cl)c1sc2ccccc2c1Cl. The number of rotatable bonds is 5. The number of thiophene rings is 1. The Labute approximate surface area is 147 Å². The van der Waals surface area contributed by atoms with Crippen molar-refractivity contribution in [1.29, 1.82) is 0 Å². The van der Waals surface area contributed by atoms with Gasteiger partial charge in [0.15, 0.2) is 0 Å². The average molecular weight is 367 g/mol. The van der Waals surface area contributed by atoms with Crippen molar-refractivity contribution in [1.82, 2.24) is 0 Å². The number of esters is 1. The highest BCUT2D eigenvalue weighted by Gasteiger charge is 2.18. The third-order valence-corrected chi connectivity index (χ3v) is 5.10. The Kier molecular flexibility index (Phi) is 5.06. The van der Waals surface area contributed by atoms with Gasteiger partial charge in [-0.25, -0.2) is 4.79 Å². The largest absolute Gasteiger partial charge is 0.488 e. The van der Waals surface area contributed by atoms with Gasteiger partial charge in [0.2, 0.25) is 0 Å². The Morgan fingerprint density at radius 1 is 1.00 bits per heavy atom. The van der Waals surface area contributed by atoms with E-state index in [0.717, 1.165) is 10.1 Å². The van der Waals surface area contributed by atoms with E-state index in [9.17, 15) is 4.79 Å². The second kappa shape index (κ2) is 7.21. The molecule has 0 amide bonds. The lowest BCUT2D eigenvalue weighted by Crippen LogP contribution is -2.11. The lowest BCUT2D eigenvalue weighted by atomic mass is 10.2. The van der Waals surface area contributed by atoms with Crippen LogP contribution in [0.3, 0.4) is 0 Å². The van der Waals surface area contributed by atoms with Crippen LogP contribution in [0.15, 0.2) is 48.5 Å². The van der Waals surface area contributed by atoms with Gasteiger partial charge < -0.3 is 9.47 Å². The first kappa shape index (κ1) is 16.1. The van der Waals surface area contributed by atoms with Crippen LogP contribution in [-0.4, -0.2) is 19.2 Å². The number of carbonyl (C=O) groups excluding carboxylic acids is 1. The fourth-order valence-corrected chi connectivity index (χ4v) is 3.65. The Morgan fingerprint density at radius 2 is 1.74 bits per heavy atom. The molecule has 0 unspecified atom stereocenters. The number of halogens is 2. The van der Waals surface area contributed by atoms with E-state index in [2.05, 4.69) is 0 Å². The third kappa shape index (κ3) is 3.61. The van der Waals surface area contributed by atoms with Crippen molar-refractivity contribution in [2.45, 2.75) is 0 Å². The Bertz CT molecular complexity index is 845. The molecule has 0 N–H and O–H groups in total. The quantitative estimate of drug-likeness (QED) is 0.445. The van der Waals surface area contributed by atoms with Gasteiger partial charge in [0, 0.05) is 10.1 Å². The second-order valence-corrected chi connectivity index (χ2v) is 6.49. The van der Waals surface area contributed by atoms with Gasteiger partial charge in [0.1, 0.15) is 23.8 Å². The highest BCUT2D eigenvalue weighted by Crippen LogP contribution is 2.35. The first-order chi connectivity index (χ1) is 11.2. The summed E-state index contributed by atoms with van der Waals surface area (Å²) in [4.78, 5) is 12.5. The van der Waals surface area contributed by atoms with Crippen LogP contribution in [0.25, 0.3) is 10.1 Å². The van der Waals surface area contributed by atoms with Crippen molar-refractivity contribution in [3.8, 4) is 5.75 Å². The van der Waals surface area contributed by atoms with Gasteiger partial charge >= 0.3 is 5.97 Å². The Balaban J connectivity index is 1.59. The molecule has 0 radical (unpaired) electrons. The van der Waals surface area contributed by atoms with Crippen molar-refractivity contribution < 1.29 is 14.3 Å². The van der Waals surface area contributed by atoms with E-state index in [4.69, 9.17) is 32.7 Å². The minimum absolute atomic E-state index is 0.120. The average Bonchev–Trinajstić information content (AvgIpc) is 2.90. The zero-order chi connectivity index (χ0) is 16.2. The van der Waals surface area contributed by atoms with Crippen molar-refractivity contribution in [3.05, 3.63) is 63.5 Å². The maximum atomic E-state index is 12.1. The molecule has 3 rings (SSSR count). The van der Waals surface area contributed by atoms with E-state index in [-0.39, 0.29) is 13.2 Å². The number of para-hydroxylation sites is 1. The number of hydrogen-bond acceptors (Lipinski definition) is 4. The number of hydrogen-bond donors (Lipinski definition) is 0. The van der Waals surface area contributed by atoms with E-state index < -0.39 is 5.97 Å². The Morgan fingerprint density at radius 3 is 2.52 bits per heavy atom. The van der Waals surface area contributed by atoms with Gasteiger partial charge in [0.25, 0.3) is 0 Å². The number of ether oxygens (including phenoxy) is 2. The summed E-state index contributed by atoms with van der Waals surface area (Å²) in [5, 5.41) is 1.81. The van der Waals surface area contributed by atoms with Gasteiger partial charge in [-0.3, -0.25) is 0 Å². The van der Waals surface area contributed by atoms with E-state index in [0.29, 0.717) is 20.7 Å². The summed E-state index contributed by atoms with van der Waals surface area (Å²) in [6.07, 6.45) is 0. The van der Waals surface area contributed by atoms with Gasteiger partial charge in [0.05, 0.1) is 10.0 Å². The van der Waals surface area contributed by atoms with Crippen LogP contribution >= 0.6 is 34.5 Å². The molecular formula is C17H12Cl2O3S. The summed E-state index contributed by atoms with van der Waals surface area (Å²) < 4.78 is 11.6. The monoisotopic (exact) mass is 366 g/mol. The molecule has 0 aliphatic rings. The molecule has 2 aromatic carbocycles. The van der Waals surface area contributed by atoms with Crippen LogP contribution in [0.1, 0.15) is 9.67 Å².